The van der Waals surface area contributed by atoms with Crippen molar-refractivity contribution in [2.24, 2.45) is 5.41 Å². The van der Waals surface area contributed by atoms with Crippen LogP contribution in [0.25, 0.3) is 0 Å². The number of carboxylic acids is 1. The number of carboxylic acid groups (broad SMARTS) is 1. The molecule has 1 atom stereocenters. The first-order chi connectivity index (χ1) is 10.8. The molecule has 0 amide bonds. The van der Waals surface area contributed by atoms with Gasteiger partial charge >= 0.3 is 5.97 Å². The van der Waals surface area contributed by atoms with Gasteiger partial charge in [-0.3, -0.25) is 4.79 Å². The van der Waals surface area contributed by atoms with E-state index in [2.05, 4.69) is 4.90 Å². The minimum Gasteiger partial charge on any atom is -0.481 e. The molecule has 2 rings (SSSR count). The average Bonchev–Trinajstić information content (AvgIpc) is 2.53. The van der Waals surface area contributed by atoms with Crippen LogP contribution < -0.4 is 0 Å². The molecule has 8 nitrogen and oxygen atoms in total. The van der Waals surface area contributed by atoms with E-state index < -0.39 is 21.6 Å². The van der Waals surface area contributed by atoms with Crippen molar-refractivity contribution < 1.29 is 23.1 Å². The smallest absolute Gasteiger partial charge is 0.311 e. The summed E-state index contributed by atoms with van der Waals surface area (Å²) in [6.45, 7) is 3.02. The van der Waals surface area contributed by atoms with Gasteiger partial charge in [-0.15, -0.1) is 0 Å². The average molecular weight is 349 g/mol. The third-order valence-corrected chi connectivity index (χ3v) is 6.88. The van der Waals surface area contributed by atoms with Crippen LogP contribution in [0.3, 0.4) is 0 Å². The maximum atomic E-state index is 12.8. The Labute approximate surface area is 138 Å². The topological polar surface area (TPSA) is 90.4 Å². The molecule has 9 heteroatoms. The lowest BCUT2D eigenvalue weighted by molar-refractivity contribution is -0.152. The number of piperazine rings is 1. The van der Waals surface area contributed by atoms with Crippen molar-refractivity contribution in [1.29, 1.82) is 0 Å². The number of likely N-dealkylation sites (N-methyl/N-ethyl adjacent to an activating group) is 1. The Morgan fingerprint density at radius 1 is 1.17 bits per heavy atom. The molecule has 0 aromatic heterocycles. The van der Waals surface area contributed by atoms with Gasteiger partial charge in [0.05, 0.1) is 5.41 Å². The first-order valence-electron chi connectivity index (χ1n) is 7.98. The highest BCUT2D eigenvalue weighted by atomic mass is 32.2. The normalized spacial score (nSPS) is 28.8. The number of ether oxygens (including phenoxy) is 1. The summed E-state index contributed by atoms with van der Waals surface area (Å²) in [5.41, 5.74) is -1.05. The number of nitrogens with zero attached hydrogens (tertiary/aromatic N) is 3. The molecule has 0 spiro atoms. The summed E-state index contributed by atoms with van der Waals surface area (Å²) in [5.74, 6) is -0.937. The van der Waals surface area contributed by atoms with E-state index in [1.807, 2.05) is 7.05 Å². The molecule has 1 N–H and O–H groups in total. The maximum absolute atomic E-state index is 12.8. The molecule has 2 heterocycles. The Balaban J connectivity index is 2.13. The van der Waals surface area contributed by atoms with E-state index in [4.69, 9.17) is 4.74 Å². The molecule has 2 saturated heterocycles. The highest BCUT2D eigenvalue weighted by molar-refractivity contribution is 7.86. The van der Waals surface area contributed by atoms with Crippen LogP contribution in [-0.2, 0) is 19.7 Å². The zero-order valence-corrected chi connectivity index (χ0v) is 14.7. The van der Waals surface area contributed by atoms with Gasteiger partial charge in [0.15, 0.2) is 0 Å². The second-order valence-electron chi connectivity index (χ2n) is 6.48. The summed E-state index contributed by atoms with van der Waals surface area (Å²) >= 11 is 0. The fourth-order valence-corrected chi connectivity index (χ4v) is 4.97. The molecule has 2 aliphatic rings. The SMILES string of the molecule is COCC[C@@]1(C(=O)O)CCCN(S(=O)(=O)N2CCN(C)CC2)C1. The summed E-state index contributed by atoms with van der Waals surface area (Å²) < 4.78 is 33.5. The third kappa shape index (κ3) is 4.03. The zero-order valence-electron chi connectivity index (χ0n) is 13.9. The van der Waals surface area contributed by atoms with Crippen LogP contribution in [0.1, 0.15) is 19.3 Å². The molecular weight excluding hydrogens is 322 g/mol. The summed E-state index contributed by atoms with van der Waals surface area (Å²) in [7, 11) is -0.114. The molecule has 0 aliphatic carbocycles. The number of rotatable bonds is 6. The van der Waals surface area contributed by atoms with E-state index in [1.165, 1.54) is 15.7 Å². The molecule has 0 bridgehead atoms. The lowest BCUT2D eigenvalue weighted by Gasteiger charge is -2.42. The van der Waals surface area contributed by atoms with Gasteiger partial charge in [-0.05, 0) is 26.3 Å². The van der Waals surface area contributed by atoms with Gasteiger partial charge in [-0.25, -0.2) is 0 Å². The minimum absolute atomic E-state index is 0.0281. The predicted octanol–water partition coefficient (Wildman–Crippen LogP) is -0.318. The third-order valence-electron chi connectivity index (χ3n) is 4.90. The fraction of sp³-hybridized carbons (Fsp3) is 0.929. The van der Waals surface area contributed by atoms with Crippen molar-refractivity contribution in [2.75, 3.05) is 60.0 Å². The Kier molecular flexibility index (Phi) is 6.01. The van der Waals surface area contributed by atoms with Crippen molar-refractivity contribution in [3.05, 3.63) is 0 Å². The number of aliphatic carboxylic acids is 1. The van der Waals surface area contributed by atoms with Gasteiger partial charge in [0.2, 0.25) is 0 Å². The molecule has 0 radical (unpaired) electrons. The number of hydrogen-bond donors (Lipinski definition) is 1. The van der Waals surface area contributed by atoms with Crippen molar-refractivity contribution in [2.45, 2.75) is 19.3 Å². The monoisotopic (exact) mass is 349 g/mol. The second kappa shape index (κ2) is 7.43. The first kappa shape index (κ1) is 18.6. The molecule has 0 aromatic rings. The molecule has 2 fully saturated rings. The Hall–Kier alpha value is -0.740. The van der Waals surface area contributed by atoms with Gasteiger partial charge in [0.1, 0.15) is 0 Å². The molecule has 2 aliphatic heterocycles. The largest absolute Gasteiger partial charge is 0.481 e. The molecule has 23 heavy (non-hydrogen) atoms. The van der Waals surface area contributed by atoms with Gasteiger partial charge in [-0.2, -0.15) is 17.0 Å². The zero-order chi connectivity index (χ0) is 17.1. The van der Waals surface area contributed by atoms with Crippen molar-refractivity contribution in [1.82, 2.24) is 13.5 Å². The van der Waals surface area contributed by atoms with E-state index in [0.29, 0.717) is 58.6 Å². The molecule has 0 aromatic carbocycles. The summed E-state index contributed by atoms with van der Waals surface area (Å²) in [5, 5.41) is 9.65. The van der Waals surface area contributed by atoms with E-state index in [0.717, 1.165) is 0 Å². The van der Waals surface area contributed by atoms with Crippen LogP contribution in [0.2, 0.25) is 0 Å². The predicted molar refractivity (Wildman–Crippen MR) is 85.4 cm³/mol. The van der Waals surface area contributed by atoms with Crippen LogP contribution in [0.15, 0.2) is 0 Å². The highest BCUT2D eigenvalue weighted by Crippen LogP contribution is 2.35. The van der Waals surface area contributed by atoms with Gasteiger partial charge in [-0.1, -0.05) is 0 Å². The molecule has 134 valence electrons. The molecule has 0 unspecified atom stereocenters. The van der Waals surface area contributed by atoms with E-state index in [1.54, 1.807) is 0 Å². The number of methoxy groups -OCH3 is 1. The fourth-order valence-electron chi connectivity index (χ4n) is 3.25. The van der Waals surface area contributed by atoms with Crippen LogP contribution in [-0.4, -0.2) is 93.0 Å². The van der Waals surface area contributed by atoms with Crippen LogP contribution >= 0.6 is 0 Å². The van der Waals surface area contributed by atoms with E-state index in [9.17, 15) is 18.3 Å². The highest BCUT2D eigenvalue weighted by Gasteiger charge is 2.46. The second-order valence-corrected chi connectivity index (χ2v) is 8.40. The van der Waals surface area contributed by atoms with Gasteiger partial charge in [0, 0.05) is 53.0 Å². The summed E-state index contributed by atoms with van der Waals surface area (Å²) in [4.78, 5) is 13.9. The molecular formula is C14H27N3O5S. The van der Waals surface area contributed by atoms with Crippen molar-refractivity contribution in [3.63, 3.8) is 0 Å². The number of carbonyl (C=O) groups is 1. The van der Waals surface area contributed by atoms with E-state index >= 15 is 0 Å². The lowest BCUT2D eigenvalue weighted by atomic mass is 9.78. The number of hydrogen-bond acceptors (Lipinski definition) is 5. The summed E-state index contributed by atoms with van der Waals surface area (Å²) in [6, 6.07) is 0. The van der Waals surface area contributed by atoms with Crippen LogP contribution in [0, 0.1) is 5.41 Å². The van der Waals surface area contributed by atoms with Gasteiger partial charge in [0.25, 0.3) is 10.2 Å². The van der Waals surface area contributed by atoms with Crippen LogP contribution in [0.5, 0.6) is 0 Å². The van der Waals surface area contributed by atoms with Crippen molar-refractivity contribution in [3.8, 4) is 0 Å². The summed E-state index contributed by atoms with van der Waals surface area (Å²) in [6.07, 6.45) is 1.37. The maximum Gasteiger partial charge on any atom is 0.311 e. The Morgan fingerprint density at radius 2 is 1.83 bits per heavy atom. The standard InChI is InChI=1S/C14H27N3O5S/c1-15-7-9-16(10-8-15)23(20,21)17-6-3-4-14(12-17,13(18)19)5-11-22-2/h3-12H2,1-2H3,(H,18,19)/t14-/m0/s1. The Bertz CT molecular complexity index is 519. The van der Waals surface area contributed by atoms with E-state index in [-0.39, 0.29) is 6.54 Å². The minimum atomic E-state index is -3.60. The molecule has 0 saturated carbocycles. The van der Waals surface area contributed by atoms with Crippen LogP contribution in [0.4, 0.5) is 0 Å². The lowest BCUT2D eigenvalue weighted by Crippen LogP contribution is -2.57. The van der Waals surface area contributed by atoms with Crippen molar-refractivity contribution >= 4 is 16.2 Å². The number of piperidine rings is 1. The first-order valence-corrected chi connectivity index (χ1v) is 9.38. The van der Waals surface area contributed by atoms with Gasteiger partial charge < -0.3 is 14.7 Å². The quantitative estimate of drug-likeness (QED) is 0.707. The Morgan fingerprint density at radius 3 is 2.39 bits per heavy atom.